The van der Waals surface area contributed by atoms with Gasteiger partial charge in [-0.25, -0.2) is 0 Å². The van der Waals surface area contributed by atoms with E-state index < -0.39 is 0 Å². The van der Waals surface area contributed by atoms with E-state index in [4.69, 9.17) is 0 Å². The molecule has 0 aliphatic carbocycles. The van der Waals surface area contributed by atoms with E-state index in [9.17, 15) is 9.59 Å². The van der Waals surface area contributed by atoms with Gasteiger partial charge in [0.2, 0.25) is 0 Å². The number of carbonyl (C=O) groups excluding carboxylic acids is 2. The molecule has 0 saturated carbocycles. The van der Waals surface area contributed by atoms with E-state index in [-0.39, 0.29) is 5.91 Å². The summed E-state index contributed by atoms with van der Waals surface area (Å²) in [5.74, 6) is 1.13. The van der Waals surface area contributed by atoms with E-state index in [0.717, 1.165) is 74.8 Å². The largest absolute Gasteiger partial charge is 0.338 e. The summed E-state index contributed by atoms with van der Waals surface area (Å²) < 4.78 is 0. The molecule has 2 fully saturated rings. The molecule has 0 radical (unpaired) electrons. The molecule has 0 spiro atoms. The average Bonchev–Trinajstić information content (AvgIpc) is 2.67. The molecule has 2 heterocycles. The quantitative estimate of drug-likeness (QED) is 0.624. The Labute approximate surface area is 168 Å². The molecule has 154 valence electrons. The number of anilines is 1. The maximum atomic E-state index is 12.5. The summed E-state index contributed by atoms with van der Waals surface area (Å²) in [5, 5.41) is 3.09. The van der Waals surface area contributed by atoms with Gasteiger partial charge in [0.25, 0.3) is 11.8 Å². The van der Waals surface area contributed by atoms with Crippen molar-refractivity contribution in [3.05, 3.63) is 29.3 Å². The topological polar surface area (TPSA) is 58.3 Å². The molecule has 2 amide bonds. The summed E-state index contributed by atoms with van der Waals surface area (Å²) in [6, 6.07) is 6.06. The summed E-state index contributed by atoms with van der Waals surface area (Å²) in [6.45, 7) is 13.1. The molecule has 0 atom stereocenters. The number of quaternary nitrogens is 2. The van der Waals surface area contributed by atoms with Gasteiger partial charge in [0.15, 0.2) is 13.1 Å². The lowest BCUT2D eigenvalue weighted by Crippen LogP contribution is -3.28. The minimum atomic E-state index is 0.0781. The van der Waals surface area contributed by atoms with Crippen LogP contribution in [0.2, 0.25) is 0 Å². The number of benzene rings is 1. The van der Waals surface area contributed by atoms with Gasteiger partial charge in [-0.05, 0) is 43.7 Å². The number of likely N-dealkylation sites (tertiary alicyclic amines) is 1. The molecule has 6 nitrogen and oxygen atoms in total. The lowest BCUT2D eigenvalue weighted by Gasteiger charge is -2.33. The highest BCUT2D eigenvalue weighted by atomic mass is 16.2. The molecular weight excluding hydrogens is 352 g/mol. The Morgan fingerprint density at radius 3 is 2.11 bits per heavy atom. The van der Waals surface area contributed by atoms with Gasteiger partial charge in [-0.3, -0.25) is 9.59 Å². The molecule has 3 rings (SSSR count). The van der Waals surface area contributed by atoms with Crippen molar-refractivity contribution in [1.29, 1.82) is 0 Å². The van der Waals surface area contributed by atoms with Crippen LogP contribution >= 0.6 is 0 Å². The Kier molecular flexibility index (Phi) is 7.08. The Morgan fingerprint density at radius 2 is 1.54 bits per heavy atom. The van der Waals surface area contributed by atoms with Crippen LogP contribution < -0.4 is 15.1 Å². The number of rotatable bonds is 5. The number of piperidine rings is 1. The second-order valence-electron chi connectivity index (χ2n) is 8.73. The molecule has 2 saturated heterocycles. The van der Waals surface area contributed by atoms with Gasteiger partial charge in [-0.2, -0.15) is 0 Å². The van der Waals surface area contributed by atoms with E-state index in [1.165, 1.54) is 9.80 Å². The summed E-state index contributed by atoms with van der Waals surface area (Å²) in [4.78, 5) is 29.7. The molecule has 28 heavy (non-hydrogen) atoms. The maximum Gasteiger partial charge on any atom is 0.279 e. The van der Waals surface area contributed by atoms with Crippen molar-refractivity contribution in [2.24, 2.45) is 5.92 Å². The number of nitrogens with one attached hydrogen (secondary N) is 3. The minimum Gasteiger partial charge on any atom is -0.338 e. The number of hydrogen-bond acceptors (Lipinski definition) is 2. The summed E-state index contributed by atoms with van der Waals surface area (Å²) >= 11 is 0. The Bertz CT molecular complexity index is 670. The van der Waals surface area contributed by atoms with Crippen LogP contribution in [0.15, 0.2) is 18.2 Å². The first-order chi connectivity index (χ1) is 13.4. The van der Waals surface area contributed by atoms with Crippen LogP contribution in [0.3, 0.4) is 0 Å². The van der Waals surface area contributed by atoms with E-state index in [0.29, 0.717) is 19.0 Å². The van der Waals surface area contributed by atoms with Gasteiger partial charge >= 0.3 is 0 Å². The van der Waals surface area contributed by atoms with Crippen LogP contribution in [0.25, 0.3) is 0 Å². The normalized spacial score (nSPS) is 23.5. The third-order valence-corrected chi connectivity index (χ3v) is 6.36. The van der Waals surface area contributed by atoms with Crippen LogP contribution in [0.1, 0.15) is 30.9 Å². The van der Waals surface area contributed by atoms with Crippen molar-refractivity contribution in [3.8, 4) is 0 Å². The summed E-state index contributed by atoms with van der Waals surface area (Å²) in [5.41, 5.74) is 3.14. The van der Waals surface area contributed by atoms with Crippen LogP contribution in [0.4, 0.5) is 5.69 Å². The highest BCUT2D eigenvalue weighted by molar-refractivity contribution is 5.93. The third-order valence-electron chi connectivity index (χ3n) is 6.36. The first-order valence-electron chi connectivity index (χ1n) is 10.7. The fourth-order valence-corrected chi connectivity index (χ4v) is 4.32. The van der Waals surface area contributed by atoms with Crippen molar-refractivity contribution < 1.29 is 19.4 Å². The van der Waals surface area contributed by atoms with Crippen molar-refractivity contribution in [2.75, 3.05) is 57.7 Å². The number of aryl methyl sites for hydroxylation is 2. The molecule has 2 aliphatic rings. The van der Waals surface area contributed by atoms with E-state index in [1.807, 2.05) is 36.9 Å². The number of amides is 2. The average molecular weight is 389 g/mol. The molecule has 0 bridgehead atoms. The van der Waals surface area contributed by atoms with Crippen molar-refractivity contribution in [2.45, 2.75) is 33.6 Å². The highest BCUT2D eigenvalue weighted by Gasteiger charge is 2.29. The Morgan fingerprint density at radius 1 is 1.00 bits per heavy atom. The first-order valence-corrected chi connectivity index (χ1v) is 10.7. The first kappa shape index (κ1) is 20.8. The standard InChI is InChI=1S/C22H34N4O2/c1-17-7-9-26(10-8-17)21(28)16-25-13-11-24(12-14-25)15-20(27)23-22-18(2)5-4-6-19(22)3/h4-6,17H,7-16H2,1-3H3,(H,23,27)/p+2. The highest BCUT2D eigenvalue weighted by Crippen LogP contribution is 2.19. The second-order valence-corrected chi connectivity index (χ2v) is 8.73. The minimum absolute atomic E-state index is 0.0781. The van der Waals surface area contributed by atoms with Crippen LogP contribution in [-0.4, -0.2) is 69.1 Å². The predicted molar refractivity (Wildman–Crippen MR) is 111 cm³/mol. The Hall–Kier alpha value is -1.92. The number of nitrogens with zero attached hydrogens (tertiary/aromatic N) is 1. The van der Waals surface area contributed by atoms with Crippen LogP contribution in [0.5, 0.6) is 0 Å². The number of para-hydroxylation sites is 1. The molecule has 0 unspecified atom stereocenters. The second kappa shape index (κ2) is 9.52. The van der Waals surface area contributed by atoms with Crippen LogP contribution in [0, 0.1) is 19.8 Å². The van der Waals surface area contributed by atoms with E-state index in [1.54, 1.807) is 0 Å². The number of piperazine rings is 1. The zero-order chi connectivity index (χ0) is 20.1. The molecule has 1 aromatic rings. The molecule has 0 aromatic heterocycles. The molecule has 3 N–H and O–H groups in total. The fraction of sp³-hybridized carbons (Fsp3) is 0.636. The van der Waals surface area contributed by atoms with Gasteiger partial charge in [-0.15, -0.1) is 0 Å². The number of hydrogen-bond donors (Lipinski definition) is 3. The van der Waals surface area contributed by atoms with Crippen molar-refractivity contribution in [3.63, 3.8) is 0 Å². The van der Waals surface area contributed by atoms with Gasteiger partial charge in [0, 0.05) is 18.8 Å². The van der Waals surface area contributed by atoms with Crippen molar-refractivity contribution >= 4 is 17.5 Å². The lowest BCUT2D eigenvalue weighted by molar-refractivity contribution is -1.00. The molecule has 6 heteroatoms. The fourth-order valence-electron chi connectivity index (χ4n) is 4.32. The van der Waals surface area contributed by atoms with E-state index in [2.05, 4.69) is 12.2 Å². The predicted octanol–water partition coefficient (Wildman–Crippen LogP) is -0.716. The van der Waals surface area contributed by atoms with Crippen LogP contribution in [-0.2, 0) is 9.59 Å². The van der Waals surface area contributed by atoms with Crippen molar-refractivity contribution in [1.82, 2.24) is 4.90 Å². The smallest absolute Gasteiger partial charge is 0.279 e. The van der Waals surface area contributed by atoms with Gasteiger partial charge in [-0.1, -0.05) is 25.1 Å². The summed E-state index contributed by atoms with van der Waals surface area (Å²) in [7, 11) is 0. The molecule has 2 aliphatic heterocycles. The number of carbonyl (C=O) groups is 2. The summed E-state index contributed by atoms with van der Waals surface area (Å²) in [6.07, 6.45) is 2.27. The molecule has 1 aromatic carbocycles. The van der Waals surface area contributed by atoms with Gasteiger partial charge in [0.05, 0.1) is 0 Å². The van der Waals surface area contributed by atoms with E-state index >= 15 is 0 Å². The third kappa shape index (κ3) is 5.55. The van der Waals surface area contributed by atoms with Gasteiger partial charge < -0.3 is 20.0 Å². The van der Waals surface area contributed by atoms with Gasteiger partial charge in [0.1, 0.15) is 26.2 Å². The Balaban J connectivity index is 1.40. The monoisotopic (exact) mass is 388 g/mol. The maximum absolute atomic E-state index is 12.5. The zero-order valence-electron chi connectivity index (χ0n) is 17.6. The zero-order valence-corrected chi connectivity index (χ0v) is 17.6. The molecular formula is C22H36N4O2+2. The lowest BCUT2D eigenvalue weighted by atomic mass is 9.99. The SMILES string of the molecule is Cc1cccc(C)c1NC(=O)C[NH+]1CC[NH+](CC(=O)N2CCC(C)CC2)CC1.